The maximum Gasteiger partial charge on any atom is 0.271 e. The third-order valence-corrected chi connectivity index (χ3v) is 2.62. The highest BCUT2D eigenvalue weighted by molar-refractivity contribution is 5.48. The number of nitrogen functional groups attached to an aromatic ring is 1. The minimum absolute atomic E-state index is 0.0349. The van der Waals surface area contributed by atoms with E-state index in [2.05, 4.69) is 5.10 Å². The van der Waals surface area contributed by atoms with Crippen LogP contribution in [-0.2, 0) is 0 Å². The molecule has 6 nitrogen and oxygen atoms in total. The summed E-state index contributed by atoms with van der Waals surface area (Å²) in [4.78, 5) is 10.3. The average molecular weight is 246 g/mol. The van der Waals surface area contributed by atoms with Crippen LogP contribution in [0.1, 0.15) is 25.5 Å². The Morgan fingerprint density at radius 3 is 2.72 bits per heavy atom. The molecular weight excluding hydrogens is 232 g/mol. The quantitative estimate of drug-likeness (QED) is 0.665. The van der Waals surface area contributed by atoms with Crippen LogP contribution in [0.25, 0.3) is 5.69 Å². The zero-order chi connectivity index (χ0) is 13.3. The van der Waals surface area contributed by atoms with Gasteiger partial charge < -0.3 is 5.73 Å². The summed E-state index contributed by atoms with van der Waals surface area (Å²) in [5.74, 6) is 0.213. The first-order valence-corrected chi connectivity index (χ1v) is 5.59. The molecular formula is C12H14N4O2. The number of nitro benzene ring substituents is 1. The fourth-order valence-corrected chi connectivity index (χ4v) is 1.73. The van der Waals surface area contributed by atoms with E-state index in [1.807, 2.05) is 13.8 Å². The van der Waals surface area contributed by atoms with Gasteiger partial charge in [-0.1, -0.05) is 19.9 Å². The maximum absolute atomic E-state index is 10.7. The Kier molecular flexibility index (Phi) is 3.01. The molecule has 2 rings (SSSR count). The minimum atomic E-state index is -0.431. The van der Waals surface area contributed by atoms with E-state index in [1.54, 1.807) is 23.0 Å². The maximum atomic E-state index is 10.7. The van der Waals surface area contributed by atoms with E-state index in [-0.39, 0.29) is 11.6 Å². The predicted octanol–water partition coefficient (Wildman–Crippen LogP) is 2.49. The van der Waals surface area contributed by atoms with Crippen molar-refractivity contribution in [3.63, 3.8) is 0 Å². The van der Waals surface area contributed by atoms with E-state index in [0.29, 0.717) is 11.4 Å². The Morgan fingerprint density at radius 2 is 2.17 bits per heavy atom. The molecule has 0 spiro atoms. The van der Waals surface area contributed by atoms with E-state index >= 15 is 0 Å². The summed E-state index contributed by atoms with van der Waals surface area (Å²) in [6.07, 6.45) is 1.67. The van der Waals surface area contributed by atoms with Crippen LogP contribution in [0, 0.1) is 10.1 Å². The van der Waals surface area contributed by atoms with Crippen molar-refractivity contribution >= 4 is 11.4 Å². The second-order valence-corrected chi connectivity index (χ2v) is 4.35. The molecule has 2 aromatic rings. The van der Waals surface area contributed by atoms with Gasteiger partial charge in [0.05, 0.1) is 28.2 Å². The predicted molar refractivity (Wildman–Crippen MR) is 68.7 cm³/mol. The number of rotatable bonds is 3. The number of nitro groups is 1. The fourth-order valence-electron chi connectivity index (χ4n) is 1.73. The zero-order valence-electron chi connectivity index (χ0n) is 10.2. The van der Waals surface area contributed by atoms with Gasteiger partial charge in [-0.05, 0) is 12.0 Å². The van der Waals surface area contributed by atoms with Crippen LogP contribution >= 0.6 is 0 Å². The molecule has 18 heavy (non-hydrogen) atoms. The number of hydrogen-bond acceptors (Lipinski definition) is 4. The third kappa shape index (κ3) is 2.17. The van der Waals surface area contributed by atoms with Crippen molar-refractivity contribution in [1.82, 2.24) is 9.78 Å². The lowest BCUT2D eigenvalue weighted by Crippen LogP contribution is -1.98. The average Bonchev–Trinajstić information content (AvgIpc) is 2.71. The lowest BCUT2D eigenvalue weighted by atomic mass is 10.1. The van der Waals surface area contributed by atoms with Crippen LogP contribution in [0.3, 0.4) is 0 Å². The van der Waals surface area contributed by atoms with Crippen LogP contribution in [0.2, 0.25) is 0 Å². The van der Waals surface area contributed by atoms with Gasteiger partial charge in [-0.2, -0.15) is 5.10 Å². The number of aromatic nitrogens is 2. The summed E-state index contributed by atoms with van der Waals surface area (Å²) in [6, 6.07) is 6.29. The van der Waals surface area contributed by atoms with Crippen molar-refractivity contribution in [1.29, 1.82) is 0 Å². The number of nitrogens with two attached hydrogens (primary N) is 1. The van der Waals surface area contributed by atoms with Crippen LogP contribution in [0.5, 0.6) is 0 Å². The summed E-state index contributed by atoms with van der Waals surface area (Å²) in [7, 11) is 0. The van der Waals surface area contributed by atoms with E-state index in [9.17, 15) is 10.1 Å². The summed E-state index contributed by atoms with van der Waals surface area (Å²) < 4.78 is 1.57. The first-order chi connectivity index (χ1) is 8.49. The van der Waals surface area contributed by atoms with Gasteiger partial charge in [0.25, 0.3) is 5.69 Å². The molecule has 6 heteroatoms. The van der Waals surface area contributed by atoms with E-state index in [1.165, 1.54) is 12.1 Å². The molecule has 1 heterocycles. The summed E-state index contributed by atoms with van der Waals surface area (Å²) >= 11 is 0. The second-order valence-electron chi connectivity index (χ2n) is 4.35. The van der Waals surface area contributed by atoms with Crippen molar-refractivity contribution in [2.24, 2.45) is 0 Å². The van der Waals surface area contributed by atoms with Crippen molar-refractivity contribution in [2.45, 2.75) is 19.8 Å². The van der Waals surface area contributed by atoms with Gasteiger partial charge in [-0.25, -0.2) is 4.68 Å². The molecule has 1 aromatic carbocycles. The summed E-state index contributed by atoms with van der Waals surface area (Å²) in [5.41, 5.74) is 7.91. The first kappa shape index (κ1) is 12.1. The molecule has 0 aliphatic rings. The fraction of sp³-hybridized carbons (Fsp3) is 0.250. The standard InChI is InChI=1S/C12H14N4O2/c1-8(2)12-11(13)7-15(14-12)9-4-3-5-10(6-9)16(17)18/h3-8H,13H2,1-2H3. The number of benzene rings is 1. The molecule has 0 unspecified atom stereocenters. The van der Waals surface area contributed by atoms with E-state index < -0.39 is 4.92 Å². The molecule has 0 fully saturated rings. The molecule has 0 aliphatic carbocycles. The lowest BCUT2D eigenvalue weighted by Gasteiger charge is -2.02. The molecule has 1 aromatic heterocycles. The smallest absolute Gasteiger partial charge is 0.271 e. The van der Waals surface area contributed by atoms with Crippen molar-refractivity contribution in [2.75, 3.05) is 5.73 Å². The Balaban J connectivity index is 2.45. The Hall–Kier alpha value is -2.37. The largest absolute Gasteiger partial charge is 0.396 e. The van der Waals surface area contributed by atoms with E-state index in [0.717, 1.165) is 5.69 Å². The highest BCUT2D eigenvalue weighted by Crippen LogP contribution is 2.23. The number of anilines is 1. The lowest BCUT2D eigenvalue weighted by molar-refractivity contribution is -0.384. The van der Waals surface area contributed by atoms with Gasteiger partial charge in [0.15, 0.2) is 0 Å². The van der Waals surface area contributed by atoms with Gasteiger partial charge in [-0.15, -0.1) is 0 Å². The third-order valence-electron chi connectivity index (χ3n) is 2.62. The first-order valence-electron chi connectivity index (χ1n) is 5.59. The molecule has 0 saturated carbocycles. The molecule has 2 N–H and O–H groups in total. The molecule has 0 amide bonds. The monoisotopic (exact) mass is 246 g/mol. The van der Waals surface area contributed by atoms with Gasteiger partial charge in [-0.3, -0.25) is 10.1 Å². The summed E-state index contributed by atoms with van der Waals surface area (Å²) in [6.45, 7) is 3.99. The number of nitrogens with zero attached hydrogens (tertiary/aromatic N) is 3. The van der Waals surface area contributed by atoms with Crippen molar-refractivity contribution in [3.8, 4) is 5.69 Å². The molecule has 0 bridgehead atoms. The van der Waals surface area contributed by atoms with Crippen LogP contribution in [0.15, 0.2) is 30.5 Å². The molecule has 0 saturated heterocycles. The highest BCUT2D eigenvalue weighted by atomic mass is 16.6. The molecule has 94 valence electrons. The minimum Gasteiger partial charge on any atom is -0.396 e. The molecule has 0 radical (unpaired) electrons. The second kappa shape index (κ2) is 4.48. The molecule has 0 atom stereocenters. The van der Waals surface area contributed by atoms with Crippen LogP contribution in [0.4, 0.5) is 11.4 Å². The van der Waals surface area contributed by atoms with Crippen LogP contribution < -0.4 is 5.73 Å². The van der Waals surface area contributed by atoms with Gasteiger partial charge in [0.1, 0.15) is 0 Å². The number of non-ortho nitro benzene ring substituents is 1. The normalized spacial score (nSPS) is 10.8. The highest BCUT2D eigenvalue weighted by Gasteiger charge is 2.12. The van der Waals surface area contributed by atoms with Gasteiger partial charge in [0.2, 0.25) is 0 Å². The topological polar surface area (TPSA) is 87.0 Å². The van der Waals surface area contributed by atoms with Crippen molar-refractivity contribution < 1.29 is 4.92 Å². The van der Waals surface area contributed by atoms with Gasteiger partial charge in [0, 0.05) is 12.1 Å². The van der Waals surface area contributed by atoms with Crippen molar-refractivity contribution in [3.05, 3.63) is 46.3 Å². The van der Waals surface area contributed by atoms with Crippen LogP contribution in [-0.4, -0.2) is 14.7 Å². The Morgan fingerprint density at radius 1 is 1.44 bits per heavy atom. The Bertz CT molecular complexity index is 590. The zero-order valence-corrected chi connectivity index (χ0v) is 10.2. The Labute approximate surface area is 104 Å². The summed E-state index contributed by atoms with van der Waals surface area (Å²) in [5, 5.41) is 15.1. The number of hydrogen-bond donors (Lipinski definition) is 1. The molecule has 0 aliphatic heterocycles. The SMILES string of the molecule is CC(C)c1nn(-c2cccc([N+](=O)[O-])c2)cc1N. The van der Waals surface area contributed by atoms with E-state index in [4.69, 9.17) is 5.73 Å². The van der Waals surface area contributed by atoms with Gasteiger partial charge >= 0.3 is 0 Å².